The molecule has 0 spiro atoms. The van der Waals surface area contributed by atoms with Crippen LogP contribution in [-0.2, 0) is 14.3 Å². The Labute approximate surface area is 108 Å². The molecule has 0 amide bonds. The highest BCUT2D eigenvalue weighted by Gasteiger charge is 2.38. The molecule has 0 heterocycles. The van der Waals surface area contributed by atoms with Crippen molar-refractivity contribution in [2.24, 2.45) is 0 Å². The molecule has 1 unspecified atom stereocenters. The van der Waals surface area contributed by atoms with E-state index in [1.807, 2.05) is 38.1 Å². The third kappa shape index (κ3) is 3.23. The first kappa shape index (κ1) is 14.5. The van der Waals surface area contributed by atoms with Crippen LogP contribution < -0.4 is 5.32 Å². The van der Waals surface area contributed by atoms with Crippen LogP contribution >= 0.6 is 0 Å². The van der Waals surface area contributed by atoms with Crippen LogP contribution in [-0.4, -0.2) is 32.3 Å². The average Bonchev–Trinajstić information content (AvgIpc) is 2.37. The van der Waals surface area contributed by atoms with Crippen LogP contribution in [0.3, 0.4) is 0 Å². The summed E-state index contributed by atoms with van der Waals surface area (Å²) in [5.41, 5.74) is 1.18. The SMILES string of the molecule is CCC(COC)(Nc1cccc(C)c1)C(=O)OC. The van der Waals surface area contributed by atoms with Gasteiger partial charge in [0, 0.05) is 12.8 Å². The Bertz CT molecular complexity index is 406. The molecule has 1 aromatic carbocycles. The van der Waals surface area contributed by atoms with Gasteiger partial charge in [-0.1, -0.05) is 19.1 Å². The van der Waals surface area contributed by atoms with Gasteiger partial charge >= 0.3 is 5.97 Å². The molecule has 0 saturated carbocycles. The number of anilines is 1. The first-order valence-corrected chi connectivity index (χ1v) is 6.00. The van der Waals surface area contributed by atoms with Crippen LogP contribution in [0.5, 0.6) is 0 Å². The number of methoxy groups -OCH3 is 2. The number of hydrogen-bond donors (Lipinski definition) is 1. The fourth-order valence-electron chi connectivity index (χ4n) is 1.92. The third-order valence-electron chi connectivity index (χ3n) is 2.97. The van der Waals surface area contributed by atoms with Crippen molar-refractivity contribution >= 4 is 11.7 Å². The van der Waals surface area contributed by atoms with Gasteiger partial charge in [-0.25, -0.2) is 4.79 Å². The highest BCUT2D eigenvalue weighted by molar-refractivity contribution is 5.84. The number of aryl methyl sites for hydroxylation is 1. The Morgan fingerprint density at radius 2 is 2.11 bits per heavy atom. The average molecular weight is 251 g/mol. The van der Waals surface area contributed by atoms with Crippen molar-refractivity contribution in [3.63, 3.8) is 0 Å². The van der Waals surface area contributed by atoms with Gasteiger partial charge in [-0.2, -0.15) is 0 Å². The molecular formula is C14H21NO3. The first-order chi connectivity index (χ1) is 8.57. The van der Waals surface area contributed by atoms with Gasteiger partial charge in [-0.05, 0) is 31.0 Å². The van der Waals surface area contributed by atoms with E-state index in [0.717, 1.165) is 11.3 Å². The zero-order valence-electron chi connectivity index (χ0n) is 11.4. The van der Waals surface area contributed by atoms with Crippen molar-refractivity contribution in [1.82, 2.24) is 0 Å². The molecule has 4 nitrogen and oxygen atoms in total. The number of esters is 1. The zero-order chi connectivity index (χ0) is 13.6. The van der Waals surface area contributed by atoms with Crippen LogP contribution in [0.15, 0.2) is 24.3 Å². The molecule has 1 N–H and O–H groups in total. The van der Waals surface area contributed by atoms with Gasteiger partial charge in [-0.3, -0.25) is 0 Å². The summed E-state index contributed by atoms with van der Waals surface area (Å²) in [5, 5.41) is 3.24. The largest absolute Gasteiger partial charge is 0.467 e. The molecule has 0 bridgehead atoms. The Hall–Kier alpha value is -1.55. The Morgan fingerprint density at radius 3 is 2.61 bits per heavy atom. The Morgan fingerprint density at radius 1 is 1.39 bits per heavy atom. The van der Waals surface area contributed by atoms with Crippen molar-refractivity contribution in [3.8, 4) is 0 Å². The molecule has 0 aliphatic carbocycles. The summed E-state index contributed by atoms with van der Waals surface area (Å²) < 4.78 is 10.0. The number of nitrogens with one attached hydrogen (secondary N) is 1. The van der Waals surface area contributed by atoms with E-state index in [-0.39, 0.29) is 12.6 Å². The van der Waals surface area contributed by atoms with E-state index in [0.29, 0.717) is 6.42 Å². The van der Waals surface area contributed by atoms with E-state index in [2.05, 4.69) is 5.32 Å². The van der Waals surface area contributed by atoms with Crippen molar-refractivity contribution < 1.29 is 14.3 Å². The lowest BCUT2D eigenvalue weighted by Crippen LogP contribution is -2.50. The molecular weight excluding hydrogens is 230 g/mol. The van der Waals surface area contributed by atoms with Crippen LogP contribution in [0.4, 0.5) is 5.69 Å². The van der Waals surface area contributed by atoms with Crippen molar-refractivity contribution in [2.45, 2.75) is 25.8 Å². The fraction of sp³-hybridized carbons (Fsp3) is 0.500. The van der Waals surface area contributed by atoms with Crippen LogP contribution in [0.1, 0.15) is 18.9 Å². The summed E-state index contributed by atoms with van der Waals surface area (Å²) in [6, 6.07) is 7.87. The number of ether oxygens (including phenoxy) is 2. The molecule has 0 fully saturated rings. The van der Waals surface area contributed by atoms with E-state index in [4.69, 9.17) is 9.47 Å². The maximum absolute atomic E-state index is 12.0. The van der Waals surface area contributed by atoms with Crippen LogP contribution in [0.2, 0.25) is 0 Å². The second kappa shape index (κ2) is 6.40. The predicted molar refractivity (Wildman–Crippen MR) is 71.7 cm³/mol. The van der Waals surface area contributed by atoms with E-state index >= 15 is 0 Å². The van der Waals surface area contributed by atoms with Crippen LogP contribution in [0, 0.1) is 6.92 Å². The monoisotopic (exact) mass is 251 g/mol. The maximum Gasteiger partial charge on any atom is 0.333 e. The van der Waals surface area contributed by atoms with Gasteiger partial charge in [0.05, 0.1) is 13.7 Å². The maximum atomic E-state index is 12.0. The lowest BCUT2D eigenvalue weighted by molar-refractivity contribution is -0.148. The summed E-state index contributed by atoms with van der Waals surface area (Å²) in [4.78, 5) is 12.0. The molecule has 1 atom stereocenters. The summed E-state index contributed by atoms with van der Waals surface area (Å²) in [7, 11) is 2.96. The number of carbonyl (C=O) groups excluding carboxylic acids is 1. The second-order valence-corrected chi connectivity index (χ2v) is 4.35. The quantitative estimate of drug-likeness (QED) is 0.789. The molecule has 100 valence electrons. The molecule has 0 radical (unpaired) electrons. The van der Waals surface area contributed by atoms with Crippen molar-refractivity contribution in [2.75, 3.05) is 26.1 Å². The van der Waals surface area contributed by atoms with Gasteiger partial charge < -0.3 is 14.8 Å². The number of carbonyl (C=O) groups is 1. The van der Waals surface area contributed by atoms with Crippen molar-refractivity contribution in [1.29, 1.82) is 0 Å². The molecule has 0 saturated heterocycles. The topological polar surface area (TPSA) is 47.6 Å². The molecule has 1 aromatic rings. The van der Waals surface area contributed by atoms with E-state index in [9.17, 15) is 4.79 Å². The standard InChI is InChI=1S/C14H21NO3/c1-5-14(10-17-3,13(16)18-4)15-12-8-6-7-11(2)9-12/h6-9,15H,5,10H2,1-4H3. The number of hydrogen-bond acceptors (Lipinski definition) is 4. The second-order valence-electron chi connectivity index (χ2n) is 4.35. The summed E-state index contributed by atoms with van der Waals surface area (Å²) in [6.45, 7) is 4.20. The Balaban J connectivity index is 3.00. The number of rotatable bonds is 6. The highest BCUT2D eigenvalue weighted by Crippen LogP contribution is 2.21. The molecule has 0 aliphatic rings. The van der Waals surface area contributed by atoms with E-state index < -0.39 is 5.54 Å². The summed E-state index contributed by atoms with van der Waals surface area (Å²) in [6.07, 6.45) is 0.585. The lowest BCUT2D eigenvalue weighted by atomic mass is 9.96. The van der Waals surface area contributed by atoms with E-state index in [1.54, 1.807) is 7.11 Å². The third-order valence-corrected chi connectivity index (χ3v) is 2.97. The molecule has 0 aromatic heterocycles. The van der Waals surface area contributed by atoms with Gasteiger partial charge in [0.1, 0.15) is 0 Å². The molecule has 0 aliphatic heterocycles. The predicted octanol–water partition coefficient (Wildman–Crippen LogP) is 2.38. The minimum Gasteiger partial charge on any atom is -0.467 e. The fourth-order valence-corrected chi connectivity index (χ4v) is 1.92. The van der Waals surface area contributed by atoms with E-state index in [1.165, 1.54) is 7.11 Å². The molecule has 1 rings (SSSR count). The van der Waals surface area contributed by atoms with Gasteiger partial charge in [0.15, 0.2) is 5.54 Å². The van der Waals surface area contributed by atoms with Gasteiger partial charge in [0.25, 0.3) is 0 Å². The molecule has 18 heavy (non-hydrogen) atoms. The first-order valence-electron chi connectivity index (χ1n) is 6.00. The smallest absolute Gasteiger partial charge is 0.333 e. The lowest BCUT2D eigenvalue weighted by Gasteiger charge is -2.31. The van der Waals surface area contributed by atoms with Crippen LogP contribution in [0.25, 0.3) is 0 Å². The summed E-state index contributed by atoms with van der Waals surface area (Å²) in [5.74, 6) is -0.312. The number of benzene rings is 1. The Kier molecular flexibility index (Phi) is 5.16. The minimum atomic E-state index is -0.836. The highest BCUT2D eigenvalue weighted by atomic mass is 16.5. The van der Waals surface area contributed by atoms with Gasteiger partial charge in [0.2, 0.25) is 0 Å². The normalized spacial score (nSPS) is 13.8. The minimum absolute atomic E-state index is 0.268. The van der Waals surface area contributed by atoms with Gasteiger partial charge in [-0.15, -0.1) is 0 Å². The molecule has 4 heteroatoms. The zero-order valence-corrected chi connectivity index (χ0v) is 11.4. The summed E-state index contributed by atoms with van der Waals surface area (Å²) >= 11 is 0. The van der Waals surface area contributed by atoms with Crippen molar-refractivity contribution in [3.05, 3.63) is 29.8 Å².